The summed E-state index contributed by atoms with van der Waals surface area (Å²) in [5, 5.41) is 9.33. The average Bonchev–Trinajstić information content (AvgIpc) is 2.45. The van der Waals surface area contributed by atoms with E-state index in [4.69, 9.17) is 4.65 Å². The molecule has 0 atom stereocenters. The van der Waals surface area contributed by atoms with Gasteiger partial charge in [0.15, 0.2) is 0 Å². The van der Waals surface area contributed by atoms with E-state index in [2.05, 4.69) is 6.58 Å². The average molecular weight is 178 g/mol. The minimum Gasteiger partial charge on any atom is -0.423 e. The number of hydrogen-bond donors (Lipinski definition) is 1. The molecule has 0 bridgehead atoms. The van der Waals surface area contributed by atoms with Gasteiger partial charge in [0.25, 0.3) is 0 Å². The van der Waals surface area contributed by atoms with Gasteiger partial charge in [0.2, 0.25) is 0 Å². The van der Waals surface area contributed by atoms with Gasteiger partial charge in [-0.15, -0.1) is 0 Å². The van der Waals surface area contributed by atoms with Gasteiger partial charge in [-0.25, -0.2) is 0 Å². The minimum absolute atomic E-state index is 0.296. The van der Waals surface area contributed by atoms with Crippen LogP contribution >= 0.6 is 0 Å². The molecular weight excluding hydrogens is 167 g/mol. The summed E-state index contributed by atoms with van der Waals surface area (Å²) < 4.78 is 4.98. The Hall–Kier alpha value is -1.13. The molecule has 0 radical (unpaired) electrons. The number of carbonyl (C=O) groups is 1. The van der Waals surface area contributed by atoms with E-state index in [1.807, 2.05) is 0 Å². The van der Waals surface area contributed by atoms with Gasteiger partial charge < -0.3 is 14.5 Å². The van der Waals surface area contributed by atoms with Crippen molar-refractivity contribution in [2.24, 2.45) is 0 Å². The molecule has 0 amide bonds. The third-order valence-electron chi connectivity index (χ3n) is 1.79. The van der Waals surface area contributed by atoms with Crippen molar-refractivity contribution < 1.29 is 14.5 Å². The van der Waals surface area contributed by atoms with Gasteiger partial charge in [0, 0.05) is 6.42 Å². The van der Waals surface area contributed by atoms with Gasteiger partial charge in [-0.05, 0) is 11.0 Å². The second kappa shape index (κ2) is 4.79. The van der Waals surface area contributed by atoms with Crippen LogP contribution in [-0.4, -0.2) is 25.0 Å². The highest BCUT2D eigenvalue weighted by Crippen LogP contribution is 2.21. The summed E-state index contributed by atoms with van der Waals surface area (Å²) in [5.41, 5.74) is 1.55. The highest BCUT2D eigenvalue weighted by molar-refractivity contribution is 6.55. The van der Waals surface area contributed by atoms with Crippen LogP contribution in [0, 0.1) is 0 Å². The predicted molar refractivity (Wildman–Crippen MR) is 51.0 cm³/mol. The quantitative estimate of drug-likeness (QED) is 0.510. The lowest BCUT2D eigenvalue weighted by atomic mass is 9.77. The second-order valence-corrected chi connectivity index (χ2v) is 2.65. The highest BCUT2D eigenvalue weighted by Gasteiger charge is 2.29. The summed E-state index contributed by atoms with van der Waals surface area (Å²) in [6, 6.07) is 0. The summed E-state index contributed by atoms with van der Waals surface area (Å²) in [6.45, 7) is 3.93. The Kier molecular flexibility index (Phi) is 3.67. The number of allylic oxidation sites excluding steroid dienone is 3. The van der Waals surface area contributed by atoms with Crippen LogP contribution < -0.4 is 0 Å². The molecule has 0 aromatic carbocycles. The van der Waals surface area contributed by atoms with E-state index in [0.717, 1.165) is 11.9 Å². The molecule has 0 aliphatic carbocycles. The van der Waals surface area contributed by atoms with E-state index in [-0.39, 0.29) is 0 Å². The van der Waals surface area contributed by atoms with E-state index in [1.165, 1.54) is 0 Å². The zero-order chi connectivity index (χ0) is 9.68. The van der Waals surface area contributed by atoms with E-state index >= 15 is 0 Å². The second-order valence-electron chi connectivity index (χ2n) is 2.65. The molecular formula is C9H11BO3. The van der Waals surface area contributed by atoms with Crippen molar-refractivity contribution in [3.05, 3.63) is 35.9 Å². The maximum Gasteiger partial charge on any atom is 0.491 e. The van der Waals surface area contributed by atoms with Crippen LogP contribution in [0.4, 0.5) is 0 Å². The van der Waals surface area contributed by atoms with Gasteiger partial charge in [-0.1, -0.05) is 24.8 Å². The monoisotopic (exact) mass is 178 g/mol. The zero-order valence-corrected chi connectivity index (χ0v) is 7.27. The first-order valence-electron chi connectivity index (χ1n) is 4.05. The first-order valence-corrected chi connectivity index (χ1v) is 4.05. The van der Waals surface area contributed by atoms with Gasteiger partial charge >= 0.3 is 7.12 Å². The van der Waals surface area contributed by atoms with Crippen LogP contribution in [0.5, 0.6) is 0 Å². The van der Waals surface area contributed by atoms with Gasteiger partial charge in [-0.2, -0.15) is 0 Å². The normalized spacial score (nSPS) is 22.7. The van der Waals surface area contributed by atoms with E-state index in [1.54, 1.807) is 18.2 Å². The summed E-state index contributed by atoms with van der Waals surface area (Å²) >= 11 is 0. The van der Waals surface area contributed by atoms with Crippen molar-refractivity contribution in [2.45, 2.75) is 6.42 Å². The van der Waals surface area contributed by atoms with Crippen molar-refractivity contribution in [1.29, 1.82) is 0 Å². The van der Waals surface area contributed by atoms with Crippen LogP contribution in [0.1, 0.15) is 6.42 Å². The van der Waals surface area contributed by atoms with E-state index in [0.29, 0.717) is 18.5 Å². The molecule has 1 N–H and O–H groups in total. The molecule has 0 saturated carbocycles. The SMILES string of the molecule is C=C/C=C1/COB(O)/C1=C/CC=O. The van der Waals surface area contributed by atoms with Crippen LogP contribution in [0.25, 0.3) is 0 Å². The van der Waals surface area contributed by atoms with Crippen LogP contribution in [-0.2, 0) is 9.45 Å². The topological polar surface area (TPSA) is 46.5 Å². The Morgan fingerprint density at radius 1 is 1.69 bits per heavy atom. The lowest BCUT2D eigenvalue weighted by Crippen LogP contribution is -2.12. The fraction of sp³-hybridized carbons (Fsp3) is 0.222. The molecule has 68 valence electrons. The predicted octanol–water partition coefficient (Wildman–Crippen LogP) is 0.664. The summed E-state index contributed by atoms with van der Waals surface area (Å²) in [7, 11) is -0.897. The third-order valence-corrected chi connectivity index (χ3v) is 1.79. The first kappa shape index (κ1) is 9.96. The molecule has 1 fully saturated rings. The van der Waals surface area contributed by atoms with Crippen molar-refractivity contribution in [3.8, 4) is 0 Å². The van der Waals surface area contributed by atoms with Crippen LogP contribution in [0.15, 0.2) is 35.9 Å². The Labute approximate surface area is 77.5 Å². The molecule has 4 heteroatoms. The lowest BCUT2D eigenvalue weighted by Gasteiger charge is -1.96. The van der Waals surface area contributed by atoms with Gasteiger partial charge in [0.1, 0.15) is 6.29 Å². The zero-order valence-electron chi connectivity index (χ0n) is 7.27. The van der Waals surface area contributed by atoms with Gasteiger partial charge in [0.05, 0.1) is 6.61 Å². The van der Waals surface area contributed by atoms with Crippen molar-refractivity contribution in [2.75, 3.05) is 6.61 Å². The third kappa shape index (κ3) is 2.40. The maximum atomic E-state index is 10.1. The molecule has 0 spiro atoms. The molecule has 0 unspecified atom stereocenters. The number of carbonyl (C=O) groups excluding carboxylic acids is 1. The summed E-state index contributed by atoms with van der Waals surface area (Å²) in [5.74, 6) is 0. The standard InChI is InChI=1S/C9H11BO3/c1-2-4-8-7-13-10(12)9(8)5-3-6-11/h2,4-6,12H,1,3,7H2/b8-4-,9-5+. The molecule has 1 saturated heterocycles. The van der Waals surface area contributed by atoms with Crippen molar-refractivity contribution >= 4 is 13.4 Å². The fourth-order valence-electron chi connectivity index (χ4n) is 1.19. The minimum atomic E-state index is -0.897. The van der Waals surface area contributed by atoms with Crippen molar-refractivity contribution in [3.63, 3.8) is 0 Å². The molecule has 1 heterocycles. The van der Waals surface area contributed by atoms with Crippen molar-refractivity contribution in [1.82, 2.24) is 0 Å². The molecule has 3 nitrogen and oxygen atoms in total. The highest BCUT2D eigenvalue weighted by atomic mass is 16.5. The molecule has 13 heavy (non-hydrogen) atoms. The molecule has 1 aliphatic rings. The summed E-state index contributed by atoms with van der Waals surface area (Å²) in [4.78, 5) is 10.1. The lowest BCUT2D eigenvalue weighted by molar-refractivity contribution is -0.107. The Morgan fingerprint density at radius 2 is 2.46 bits per heavy atom. The largest absolute Gasteiger partial charge is 0.491 e. The number of rotatable bonds is 3. The maximum absolute atomic E-state index is 10.1. The Balaban J connectivity index is 2.82. The first-order chi connectivity index (χ1) is 6.29. The number of aldehydes is 1. The molecule has 1 aliphatic heterocycles. The van der Waals surface area contributed by atoms with Crippen LogP contribution in [0.3, 0.4) is 0 Å². The Bertz CT molecular complexity index is 268. The molecule has 0 aromatic rings. The van der Waals surface area contributed by atoms with Gasteiger partial charge in [-0.3, -0.25) is 0 Å². The smallest absolute Gasteiger partial charge is 0.423 e. The number of hydrogen-bond acceptors (Lipinski definition) is 3. The van der Waals surface area contributed by atoms with E-state index in [9.17, 15) is 9.82 Å². The summed E-state index contributed by atoms with van der Waals surface area (Å²) in [6.07, 6.45) is 6.14. The Morgan fingerprint density at radius 3 is 3.08 bits per heavy atom. The fourth-order valence-corrected chi connectivity index (χ4v) is 1.19. The van der Waals surface area contributed by atoms with Crippen LogP contribution in [0.2, 0.25) is 0 Å². The van der Waals surface area contributed by atoms with E-state index < -0.39 is 7.12 Å². The molecule has 0 aromatic heterocycles. The molecule has 1 rings (SSSR count).